The van der Waals surface area contributed by atoms with E-state index in [0.29, 0.717) is 23.2 Å². The number of anilines is 1. The zero-order valence-electron chi connectivity index (χ0n) is 11.0. The van der Waals surface area contributed by atoms with Gasteiger partial charge in [-0.3, -0.25) is 0 Å². The van der Waals surface area contributed by atoms with Gasteiger partial charge in [0.25, 0.3) is 0 Å². The summed E-state index contributed by atoms with van der Waals surface area (Å²) in [4.78, 5) is 2.44. The lowest BCUT2D eigenvalue weighted by molar-refractivity contribution is 0.159. The van der Waals surface area contributed by atoms with Crippen LogP contribution in [0.1, 0.15) is 6.92 Å². The fourth-order valence-corrected chi connectivity index (χ4v) is 4.12. The number of nitrogens with two attached hydrogens (primary N) is 1. The highest BCUT2D eigenvalue weighted by Gasteiger charge is 2.30. The number of likely N-dealkylation sites (N-methyl/N-ethyl adjacent to an activating group) is 1. The monoisotopic (exact) mass is 347 g/mol. The largest absolute Gasteiger partial charge is 0.398 e. The normalized spacial score (nSPS) is 22.6. The summed E-state index contributed by atoms with van der Waals surface area (Å²) in [7, 11) is -1.43. The molecule has 0 aliphatic carbocycles. The number of rotatable bonds is 2. The van der Waals surface area contributed by atoms with Crippen molar-refractivity contribution in [1.82, 2.24) is 9.21 Å². The Hall–Kier alpha value is -0.630. The highest BCUT2D eigenvalue weighted by atomic mass is 79.9. The molecule has 5 nitrogen and oxygen atoms in total. The molecule has 1 fully saturated rings. The second kappa shape index (κ2) is 5.40. The van der Waals surface area contributed by atoms with E-state index < -0.39 is 10.0 Å². The van der Waals surface area contributed by atoms with Gasteiger partial charge in [-0.25, -0.2) is 8.42 Å². The van der Waals surface area contributed by atoms with Crippen LogP contribution in [0.5, 0.6) is 0 Å². The zero-order chi connectivity index (χ0) is 14.2. The molecular formula is C12H18BrN3O2S. The fourth-order valence-electron chi connectivity index (χ4n) is 2.05. The van der Waals surface area contributed by atoms with Crippen LogP contribution in [0.3, 0.4) is 0 Å². The predicted octanol–water partition coefficient (Wildman–Crippen LogP) is 1.36. The first-order chi connectivity index (χ1) is 8.82. The van der Waals surface area contributed by atoms with Crippen LogP contribution in [-0.2, 0) is 10.0 Å². The number of halogens is 1. The third-order valence-corrected chi connectivity index (χ3v) is 6.08. The average molecular weight is 348 g/mol. The highest BCUT2D eigenvalue weighted by Crippen LogP contribution is 2.26. The maximum Gasteiger partial charge on any atom is 0.243 e. The van der Waals surface area contributed by atoms with E-state index in [2.05, 4.69) is 20.8 Å². The van der Waals surface area contributed by atoms with Gasteiger partial charge in [0.05, 0.1) is 4.90 Å². The molecule has 1 aliphatic rings. The second-order valence-corrected chi connectivity index (χ2v) is 7.67. The van der Waals surface area contributed by atoms with Crippen LogP contribution < -0.4 is 5.73 Å². The molecule has 1 heterocycles. The highest BCUT2D eigenvalue weighted by molar-refractivity contribution is 9.10. The standard InChI is InChI=1S/C12H18BrN3O2S/c1-9-8-16(6-5-15(9)2)19(17,18)10-3-4-12(14)11(13)7-10/h3-4,7,9H,5-6,8,14H2,1-2H3. The van der Waals surface area contributed by atoms with Crippen LogP contribution in [-0.4, -0.2) is 50.3 Å². The molecule has 0 radical (unpaired) electrons. The van der Waals surface area contributed by atoms with Crippen molar-refractivity contribution in [2.24, 2.45) is 0 Å². The topological polar surface area (TPSA) is 66.6 Å². The molecule has 19 heavy (non-hydrogen) atoms. The minimum Gasteiger partial charge on any atom is -0.398 e. The number of benzene rings is 1. The number of nitrogen functional groups attached to an aromatic ring is 1. The van der Waals surface area contributed by atoms with Crippen molar-refractivity contribution in [2.45, 2.75) is 17.9 Å². The first-order valence-electron chi connectivity index (χ1n) is 6.08. The lowest BCUT2D eigenvalue weighted by Gasteiger charge is -2.36. The molecular weight excluding hydrogens is 330 g/mol. The number of nitrogens with zero attached hydrogens (tertiary/aromatic N) is 2. The van der Waals surface area contributed by atoms with Crippen LogP contribution in [0.25, 0.3) is 0 Å². The Bertz CT molecular complexity index is 576. The summed E-state index contributed by atoms with van der Waals surface area (Å²) in [5, 5.41) is 0. The van der Waals surface area contributed by atoms with Crippen molar-refractivity contribution in [2.75, 3.05) is 32.4 Å². The van der Waals surface area contributed by atoms with E-state index in [1.165, 1.54) is 4.31 Å². The Morgan fingerprint density at radius 1 is 1.37 bits per heavy atom. The summed E-state index contributed by atoms with van der Waals surface area (Å²) in [6, 6.07) is 4.95. The molecule has 2 N–H and O–H groups in total. The minimum atomic E-state index is -3.44. The van der Waals surface area contributed by atoms with Crippen molar-refractivity contribution in [1.29, 1.82) is 0 Å². The molecule has 7 heteroatoms. The molecule has 2 rings (SSSR count). The number of sulfonamides is 1. The Morgan fingerprint density at radius 2 is 2.05 bits per heavy atom. The first-order valence-corrected chi connectivity index (χ1v) is 8.31. The third-order valence-electron chi connectivity index (χ3n) is 3.53. The minimum absolute atomic E-state index is 0.223. The van der Waals surface area contributed by atoms with Crippen LogP contribution in [0, 0.1) is 0 Å². The van der Waals surface area contributed by atoms with E-state index in [-0.39, 0.29) is 10.9 Å². The Balaban J connectivity index is 2.29. The second-order valence-electron chi connectivity index (χ2n) is 4.88. The average Bonchev–Trinajstić information content (AvgIpc) is 2.35. The molecule has 1 aromatic rings. The van der Waals surface area contributed by atoms with Gasteiger partial charge in [-0.1, -0.05) is 0 Å². The van der Waals surface area contributed by atoms with Gasteiger partial charge in [-0.15, -0.1) is 0 Å². The summed E-state index contributed by atoms with van der Waals surface area (Å²) in [6.45, 7) is 3.81. The van der Waals surface area contributed by atoms with E-state index in [1.807, 2.05) is 14.0 Å². The van der Waals surface area contributed by atoms with E-state index in [9.17, 15) is 8.42 Å². The quantitative estimate of drug-likeness (QED) is 0.820. The van der Waals surface area contributed by atoms with Gasteiger partial charge in [-0.2, -0.15) is 4.31 Å². The summed E-state index contributed by atoms with van der Waals surface area (Å²) in [5.74, 6) is 0. The van der Waals surface area contributed by atoms with Crippen molar-refractivity contribution < 1.29 is 8.42 Å². The van der Waals surface area contributed by atoms with E-state index >= 15 is 0 Å². The smallest absolute Gasteiger partial charge is 0.243 e. The lowest BCUT2D eigenvalue weighted by Crippen LogP contribution is -2.51. The molecule has 0 bridgehead atoms. The SMILES string of the molecule is CC1CN(S(=O)(=O)c2ccc(N)c(Br)c2)CCN1C. The molecule has 0 spiro atoms. The molecule has 106 valence electrons. The number of piperazine rings is 1. The molecule has 1 aromatic carbocycles. The van der Waals surface area contributed by atoms with Gasteiger partial charge in [-0.05, 0) is 48.1 Å². The van der Waals surface area contributed by atoms with Gasteiger partial charge in [0.2, 0.25) is 10.0 Å². The Labute approximate surface area is 122 Å². The summed E-state index contributed by atoms with van der Waals surface area (Å²) in [5.41, 5.74) is 6.22. The van der Waals surface area contributed by atoms with Crippen molar-refractivity contribution in [3.05, 3.63) is 22.7 Å². The zero-order valence-corrected chi connectivity index (χ0v) is 13.4. The van der Waals surface area contributed by atoms with Crippen molar-refractivity contribution in [3.63, 3.8) is 0 Å². The van der Waals surface area contributed by atoms with Crippen LogP contribution >= 0.6 is 15.9 Å². The third kappa shape index (κ3) is 2.94. The lowest BCUT2D eigenvalue weighted by atomic mass is 10.2. The van der Waals surface area contributed by atoms with Gasteiger partial charge >= 0.3 is 0 Å². The van der Waals surface area contributed by atoms with E-state index in [0.717, 1.165) is 6.54 Å². The summed E-state index contributed by atoms with van der Waals surface area (Å²) < 4.78 is 27.2. The molecule has 0 aromatic heterocycles. The van der Waals surface area contributed by atoms with Crippen LogP contribution in [0.4, 0.5) is 5.69 Å². The molecule has 1 saturated heterocycles. The summed E-state index contributed by atoms with van der Waals surface area (Å²) in [6.07, 6.45) is 0. The molecule has 0 saturated carbocycles. The first kappa shape index (κ1) is 14.8. The molecule has 1 atom stereocenters. The molecule has 1 aliphatic heterocycles. The number of hydrogen-bond acceptors (Lipinski definition) is 4. The van der Waals surface area contributed by atoms with E-state index in [1.54, 1.807) is 18.2 Å². The van der Waals surface area contributed by atoms with Gasteiger partial charge in [0, 0.05) is 35.8 Å². The summed E-state index contributed by atoms with van der Waals surface area (Å²) >= 11 is 3.27. The van der Waals surface area contributed by atoms with Crippen LogP contribution in [0.2, 0.25) is 0 Å². The molecule has 0 amide bonds. The maximum absolute atomic E-state index is 12.5. The van der Waals surface area contributed by atoms with E-state index in [4.69, 9.17) is 5.73 Å². The number of hydrogen-bond donors (Lipinski definition) is 1. The van der Waals surface area contributed by atoms with Gasteiger partial charge in [0.1, 0.15) is 0 Å². The molecule has 1 unspecified atom stereocenters. The van der Waals surface area contributed by atoms with Gasteiger partial charge in [0.15, 0.2) is 0 Å². The Kier molecular flexibility index (Phi) is 4.20. The van der Waals surface area contributed by atoms with Crippen molar-refractivity contribution >= 4 is 31.6 Å². The van der Waals surface area contributed by atoms with Crippen LogP contribution in [0.15, 0.2) is 27.6 Å². The maximum atomic E-state index is 12.5. The van der Waals surface area contributed by atoms with Crippen molar-refractivity contribution in [3.8, 4) is 0 Å². The fraction of sp³-hybridized carbons (Fsp3) is 0.500. The van der Waals surface area contributed by atoms with Gasteiger partial charge < -0.3 is 10.6 Å². The predicted molar refractivity (Wildman–Crippen MR) is 79.4 cm³/mol. The Morgan fingerprint density at radius 3 is 2.63 bits per heavy atom.